The lowest BCUT2D eigenvalue weighted by atomic mass is 9.75. The van der Waals surface area contributed by atoms with Crippen LogP contribution in [0, 0.1) is 5.41 Å². The van der Waals surface area contributed by atoms with Crippen LogP contribution < -0.4 is 5.73 Å². The standard InChI is InChI=1S/C18H28N2O/c1-18(2)11-8-16(9-12-18)20(3)17(21)15-6-4-14(5-7-15)10-13-19/h4-7,16H,8-13,19H2,1-3H3. The molecule has 2 N–H and O–H groups in total. The highest BCUT2D eigenvalue weighted by Crippen LogP contribution is 2.36. The first-order valence-corrected chi connectivity index (χ1v) is 7.99. The second kappa shape index (κ2) is 6.61. The third-order valence-electron chi connectivity index (χ3n) is 4.81. The molecule has 0 atom stereocenters. The zero-order valence-electron chi connectivity index (χ0n) is 13.6. The van der Waals surface area contributed by atoms with Gasteiger partial charge in [-0.25, -0.2) is 0 Å². The predicted octanol–water partition coefficient (Wildman–Crippen LogP) is 3.23. The Morgan fingerprint density at radius 1 is 1.24 bits per heavy atom. The summed E-state index contributed by atoms with van der Waals surface area (Å²) in [6, 6.07) is 8.26. The lowest BCUT2D eigenvalue weighted by molar-refractivity contribution is 0.0635. The number of hydrogen-bond donors (Lipinski definition) is 1. The summed E-state index contributed by atoms with van der Waals surface area (Å²) < 4.78 is 0. The number of carbonyl (C=O) groups excluding carboxylic acids is 1. The molecule has 1 aliphatic carbocycles. The molecule has 1 aromatic rings. The second-order valence-corrected chi connectivity index (χ2v) is 7.05. The monoisotopic (exact) mass is 288 g/mol. The molecule has 2 rings (SSSR count). The minimum Gasteiger partial charge on any atom is -0.339 e. The van der Waals surface area contributed by atoms with E-state index in [4.69, 9.17) is 5.73 Å². The summed E-state index contributed by atoms with van der Waals surface area (Å²) in [7, 11) is 1.94. The quantitative estimate of drug-likeness (QED) is 0.924. The Hall–Kier alpha value is -1.35. The number of nitrogens with zero attached hydrogens (tertiary/aromatic N) is 1. The van der Waals surface area contributed by atoms with Gasteiger partial charge in [-0.2, -0.15) is 0 Å². The van der Waals surface area contributed by atoms with Crippen LogP contribution in [0.5, 0.6) is 0 Å². The van der Waals surface area contributed by atoms with Crippen molar-refractivity contribution in [2.24, 2.45) is 11.1 Å². The van der Waals surface area contributed by atoms with E-state index in [1.54, 1.807) is 0 Å². The van der Waals surface area contributed by atoms with Crippen molar-refractivity contribution < 1.29 is 4.79 Å². The van der Waals surface area contributed by atoms with Crippen molar-refractivity contribution >= 4 is 5.91 Å². The zero-order valence-corrected chi connectivity index (χ0v) is 13.6. The minimum absolute atomic E-state index is 0.138. The van der Waals surface area contributed by atoms with E-state index in [-0.39, 0.29) is 5.91 Å². The van der Waals surface area contributed by atoms with E-state index in [1.807, 2.05) is 36.2 Å². The summed E-state index contributed by atoms with van der Waals surface area (Å²) in [5.74, 6) is 0.138. The average molecular weight is 288 g/mol. The summed E-state index contributed by atoms with van der Waals surface area (Å²) in [5.41, 5.74) is 7.96. The fraction of sp³-hybridized carbons (Fsp3) is 0.611. The third kappa shape index (κ3) is 4.07. The van der Waals surface area contributed by atoms with E-state index in [9.17, 15) is 4.79 Å². The molecule has 1 aliphatic rings. The Labute approximate surface area is 128 Å². The summed E-state index contributed by atoms with van der Waals surface area (Å²) in [4.78, 5) is 14.5. The Morgan fingerprint density at radius 2 is 1.81 bits per heavy atom. The van der Waals surface area contributed by atoms with E-state index in [1.165, 1.54) is 18.4 Å². The van der Waals surface area contributed by atoms with Crippen molar-refractivity contribution in [3.8, 4) is 0 Å². The molecule has 21 heavy (non-hydrogen) atoms. The van der Waals surface area contributed by atoms with Gasteiger partial charge in [-0.1, -0.05) is 26.0 Å². The van der Waals surface area contributed by atoms with Crippen molar-refractivity contribution in [2.45, 2.75) is 52.0 Å². The molecule has 0 aliphatic heterocycles. The van der Waals surface area contributed by atoms with Gasteiger partial charge in [0.2, 0.25) is 0 Å². The maximum atomic E-state index is 12.6. The normalized spacial score (nSPS) is 18.5. The zero-order chi connectivity index (χ0) is 15.5. The van der Waals surface area contributed by atoms with Crippen LogP contribution in [-0.4, -0.2) is 30.4 Å². The van der Waals surface area contributed by atoms with E-state index in [2.05, 4.69) is 13.8 Å². The number of nitrogens with two attached hydrogens (primary N) is 1. The first kappa shape index (κ1) is 16.0. The van der Waals surface area contributed by atoms with Gasteiger partial charge in [-0.05, 0) is 61.8 Å². The SMILES string of the molecule is CN(C(=O)c1ccc(CCN)cc1)C1CCC(C)(C)CC1. The lowest BCUT2D eigenvalue weighted by Gasteiger charge is -2.38. The van der Waals surface area contributed by atoms with Crippen LogP contribution in [-0.2, 0) is 6.42 Å². The fourth-order valence-corrected chi connectivity index (χ4v) is 3.12. The molecule has 116 valence electrons. The van der Waals surface area contributed by atoms with Crippen molar-refractivity contribution in [1.82, 2.24) is 4.90 Å². The van der Waals surface area contributed by atoms with Gasteiger partial charge in [-0.15, -0.1) is 0 Å². The number of amides is 1. The molecule has 1 saturated carbocycles. The highest BCUT2D eigenvalue weighted by atomic mass is 16.2. The van der Waals surface area contributed by atoms with Gasteiger partial charge in [0.05, 0.1) is 0 Å². The molecule has 0 saturated heterocycles. The molecule has 0 heterocycles. The Balaban J connectivity index is 1.99. The van der Waals surface area contributed by atoms with Gasteiger partial charge in [-0.3, -0.25) is 4.79 Å². The summed E-state index contributed by atoms with van der Waals surface area (Å²) in [6.45, 7) is 5.29. The summed E-state index contributed by atoms with van der Waals surface area (Å²) >= 11 is 0. The molecule has 3 nitrogen and oxygen atoms in total. The molecular formula is C18H28N2O. The van der Waals surface area contributed by atoms with E-state index in [0.29, 0.717) is 18.0 Å². The molecule has 1 fully saturated rings. The van der Waals surface area contributed by atoms with E-state index >= 15 is 0 Å². The van der Waals surface area contributed by atoms with Crippen molar-refractivity contribution in [3.05, 3.63) is 35.4 Å². The molecule has 1 aromatic carbocycles. The number of carbonyl (C=O) groups is 1. The van der Waals surface area contributed by atoms with E-state index < -0.39 is 0 Å². The maximum absolute atomic E-state index is 12.6. The lowest BCUT2D eigenvalue weighted by Crippen LogP contribution is -2.40. The Kier molecular flexibility index (Phi) is 5.04. The van der Waals surface area contributed by atoms with Crippen LogP contribution in [0.15, 0.2) is 24.3 Å². The highest BCUT2D eigenvalue weighted by Gasteiger charge is 2.30. The van der Waals surface area contributed by atoms with Gasteiger partial charge >= 0.3 is 0 Å². The predicted molar refractivity (Wildman–Crippen MR) is 87.3 cm³/mol. The summed E-state index contributed by atoms with van der Waals surface area (Å²) in [5, 5.41) is 0. The van der Waals surface area contributed by atoms with Crippen LogP contribution in [0.4, 0.5) is 0 Å². The van der Waals surface area contributed by atoms with E-state index in [0.717, 1.165) is 24.8 Å². The largest absolute Gasteiger partial charge is 0.339 e. The Bertz CT molecular complexity index is 468. The van der Waals surface area contributed by atoms with Crippen LogP contribution in [0.1, 0.15) is 55.5 Å². The van der Waals surface area contributed by atoms with Gasteiger partial charge < -0.3 is 10.6 Å². The van der Waals surface area contributed by atoms with Crippen molar-refractivity contribution in [2.75, 3.05) is 13.6 Å². The van der Waals surface area contributed by atoms with Crippen molar-refractivity contribution in [1.29, 1.82) is 0 Å². The number of rotatable bonds is 4. The van der Waals surface area contributed by atoms with Gasteiger partial charge in [0, 0.05) is 18.7 Å². The van der Waals surface area contributed by atoms with Crippen LogP contribution >= 0.6 is 0 Å². The molecule has 0 aromatic heterocycles. The summed E-state index contributed by atoms with van der Waals surface area (Å²) in [6.07, 6.45) is 5.48. The fourth-order valence-electron chi connectivity index (χ4n) is 3.12. The second-order valence-electron chi connectivity index (χ2n) is 7.05. The minimum atomic E-state index is 0.138. The van der Waals surface area contributed by atoms with Crippen molar-refractivity contribution in [3.63, 3.8) is 0 Å². The molecular weight excluding hydrogens is 260 g/mol. The highest BCUT2D eigenvalue weighted by molar-refractivity contribution is 5.94. The van der Waals surface area contributed by atoms with Crippen LogP contribution in [0.2, 0.25) is 0 Å². The molecule has 0 radical (unpaired) electrons. The third-order valence-corrected chi connectivity index (χ3v) is 4.81. The molecule has 0 bridgehead atoms. The van der Waals surface area contributed by atoms with Gasteiger partial charge in [0.15, 0.2) is 0 Å². The van der Waals surface area contributed by atoms with Crippen LogP contribution in [0.25, 0.3) is 0 Å². The molecule has 0 spiro atoms. The number of hydrogen-bond acceptors (Lipinski definition) is 2. The van der Waals surface area contributed by atoms with Gasteiger partial charge in [0.25, 0.3) is 5.91 Å². The number of benzene rings is 1. The topological polar surface area (TPSA) is 46.3 Å². The van der Waals surface area contributed by atoms with Crippen LogP contribution in [0.3, 0.4) is 0 Å². The average Bonchev–Trinajstić information content (AvgIpc) is 2.47. The first-order chi connectivity index (χ1) is 9.93. The van der Waals surface area contributed by atoms with Gasteiger partial charge in [0.1, 0.15) is 0 Å². The molecule has 3 heteroatoms. The maximum Gasteiger partial charge on any atom is 0.253 e. The smallest absolute Gasteiger partial charge is 0.253 e. The first-order valence-electron chi connectivity index (χ1n) is 7.99. The molecule has 0 unspecified atom stereocenters. The molecule has 1 amide bonds. The Morgan fingerprint density at radius 3 is 2.33 bits per heavy atom.